The van der Waals surface area contributed by atoms with E-state index in [1.165, 1.54) is 18.4 Å². The van der Waals surface area contributed by atoms with Gasteiger partial charge in [-0.3, -0.25) is 4.74 Å². The van der Waals surface area contributed by atoms with E-state index in [2.05, 4.69) is 64.6 Å². The van der Waals surface area contributed by atoms with E-state index in [0.717, 1.165) is 12.2 Å². The van der Waals surface area contributed by atoms with Gasteiger partial charge in [-0.2, -0.15) is 0 Å². The number of ether oxygens (including phenoxy) is 3. The predicted octanol–water partition coefficient (Wildman–Crippen LogP) is 2.77. The van der Waals surface area contributed by atoms with Crippen molar-refractivity contribution < 1.29 is 23.8 Å². The highest BCUT2D eigenvalue weighted by atomic mass is 17.0. The molecule has 1 aliphatic heterocycles. The first-order valence-electron chi connectivity index (χ1n) is 6.94. The summed E-state index contributed by atoms with van der Waals surface area (Å²) >= 11 is 0. The van der Waals surface area contributed by atoms with Crippen molar-refractivity contribution in [2.45, 2.75) is 25.7 Å². The maximum atomic E-state index is 10.7. The third-order valence-electron chi connectivity index (χ3n) is 2.61. The molecule has 0 aliphatic carbocycles. The first kappa shape index (κ1) is 17.7. The lowest BCUT2D eigenvalue weighted by molar-refractivity contribution is -0.216. The van der Waals surface area contributed by atoms with Crippen LogP contribution in [0.3, 0.4) is 0 Å². The molecule has 0 aromatic heterocycles. The van der Waals surface area contributed by atoms with Crippen LogP contribution < -0.4 is 0 Å². The minimum atomic E-state index is -1.55. The van der Waals surface area contributed by atoms with Crippen molar-refractivity contribution in [2.24, 2.45) is 0 Å². The Hall–Kier alpha value is -2.40. The Morgan fingerprint density at radius 2 is 1.68 bits per heavy atom. The number of carbonyl (C=O) groups is 2. The maximum absolute atomic E-state index is 10.7. The van der Waals surface area contributed by atoms with Gasteiger partial charge in [0.15, 0.2) is 6.61 Å². The molecule has 1 aromatic carbocycles. The molecule has 1 saturated heterocycles. The Morgan fingerprint density at radius 1 is 1.18 bits per heavy atom. The van der Waals surface area contributed by atoms with E-state index < -0.39 is 17.9 Å². The van der Waals surface area contributed by atoms with E-state index >= 15 is 0 Å². The zero-order chi connectivity index (χ0) is 16.4. The summed E-state index contributed by atoms with van der Waals surface area (Å²) < 4.78 is 13.9. The molecule has 0 radical (unpaired) electrons. The first-order valence-corrected chi connectivity index (χ1v) is 6.94. The lowest BCUT2D eigenvalue weighted by atomic mass is 10.1. The van der Waals surface area contributed by atoms with Gasteiger partial charge in [-0.05, 0) is 12.0 Å². The van der Waals surface area contributed by atoms with Gasteiger partial charge in [0.1, 0.15) is 0 Å². The topological polar surface area (TPSA) is 65.1 Å². The van der Waals surface area contributed by atoms with Gasteiger partial charge in [-0.15, -0.1) is 0 Å². The summed E-state index contributed by atoms with van der Waals surface area (Å²) in [7, 11) is 0. The van der Waals surface area contributed by atoms with Crippen LogP contribution in [0.1, 0.15) is 18.9 Å². The molecule has 22 heavy (non-hydrogen) atoms. The summed E-state index contributed by atoms with van der Waals surface area (Å²) in [4.78, 5) is 21.4. The molecule has 0 saturated carbocycles. The second-order valence-electron chi connectivity index (χ2n) is 4.46. The summed E-state index contributed by atoms with van der Waals surface area (Å²) in [5.74, 6) is -2.97. The highest BCUT2D eigenvalue weighted by Crippen LogP contribution is 2.30. The Balaban J connectivity index is 0.000000235. The Bertz CT molecular complexity index is 493. The number of hydrogen-bond donors (Lipinski definition) is 0. The number of aryl methyl sites for hydroxylation is 1. The summed E-state index contributed by atoms with van der Waals surface area (Å²) in [5, 5.41) is 0. The molecule has 1 fully saturated rings. The molecule has 118 valence electrons. The fraction of sp³-hybridized carbons (Fsp3) is 0.294. The third-order valence-corrected chi connectivity index (χ3v) is 2.61. The number of benzene rings is 1. The molecule has 0 atom stereocenters. The number of rotatable bonds is 6. The molecule has 0 unspecified atom stereocenters. The first-order chi connectivity index (χ1) is 10.5. The zero-order valence-electron chi connectivity index (χ0n) is 12.6. The van der Waals surface area contributed by atoms with Gasteiger partial charge in [0, 0.05) is 12.2 Å². The fourth-order valence-corrected chi connectivity index (χ4v) is 1.52. The Kier molecular flexibility index (Phi) is 7.05. The number of hydrogen-bond acceptors (Lipinski definition) is 5. The average Bonchev–Trinajstić information content (AvgIpc) is 3.28. The summed E-state index contributed by atoms with van der Waals surface area (Å²) in [6, 6.07) is 10.6. The Labute approximate surface area is 130 Å². The minimum Gasteiger partial charge on any atom is -0.393 e. The zero-order valence-corrected chi connectivity index (χ0v) is 12.6. The second-order valence-corrected chi connectivity index (χ2v) is 4.46. The van der Waals surface area contributed by atoms with Crippen LogP contribution in [-0.2, 0) is 30.2 Å². The van der Waals surface area contributed by atoms with E-state index in [9.17, 15) is 9.59 Å². The van der Waals surface area contributed by atoms with Crippen LogP contribution in [0, 0.1) is 0 Å². The molecule has 5 nitrogen and oxygen atoms in total. The monoisotopic (exact) mass is 304 g/mol. The van der Waals surface area contributed by atoms with Gasteiger partial charge in [0.25, 0.3) is 0 Å². The Morgan fingerprint density at radius 3 is 2.05 bits per heavy atom. The molecule has 0 bridgehead atoms. The SMILES string of the molecule is C=CC(=O)OC1(OC(=O)C=C)CO1.CCCc1ccccc1. The molecule has 0 N–H and O–H groups in total. The number of esters is 2. The van der Waals surface area contributed by atoms with Crippen molar-refractivity contribution >= 4 is 11.9 Å². The van der Waals surface area contributed by atoms with Crippen LogP contribution in [0.5, 0.6) is 0 Å². The second kappa shape index (κ2) is 8.79. The number of carbonyl (C=O) groups excluding carboxylic acids is 2. The number of epoxide rings is 1. The molecular formula is C17H20O5. The summed E-state index contributed by atoms with van der Waals surface area (Å²) in [6.07, 6.45) is 4.35. The molecule has 0 amide bonds. The van der Waals surface area contributed by atoms with Gasteiger partial charge >= 0.3 is 17.9 Å². The quantitative estimate of drug-likeness (QED) is 0.350. The lowest BCUT2D eigenvalue weighted by Crippen LogP contribution is -2.26. The predicted molar refractivity (Wildman–Crippen MR) is 81.7 cm³/mol. The molecule has 2 rings (SSSR count). The van der Waals surface area contributed by atoms with Crippen molar-refractivity contribution in [3.63, 3.8) is 0 Å². The maximum Gasteiger partial charge on any atom is 0.402 e. The van der Waals surface area contributed by atoms with Crippen LogP contribution in [0.15, 0.2) is 55.6 Å². The van der Waals surface area contributed by atoms with E-state index in [-0.39, 0.29) is 6.61 Å². The van der Waals surface area contributed by atoms with Crippen molar-refractivity contribution in [2.75, 3.05) is 6.61 Å². The van der Waals surface area contributed by atoms with E-state index in [0.29, 0.717) is 0 Å². The smallest absolute Gasteiger partial charge is 0.393 e. The fourth-order valence-electron chi connectivity index (χ4n) is 1.52. The summed E-state index contributed by atoms with van der Waals surface area (Å²) in [6.45, 7) is 8.60. The van der Waals surface area contributed by atoms with E-state index in [1.807, 2.05) is 0 Å². The van der Waals surface area contributed by atoms with E-state index in [4.69, 9.17) is 0 Å². The third kappa shape index (κ3) is 6.37. The van der Waals surface area contributed by atoms with Crippen molar-refractivity contribution in [1.29, 1.82) is 0 Å². The van der Waals surface area contributed by atoms with Crippen LogP contribution in [-0.4, -0.2) is 24.5 Å². The molecule has 1 aliphatic rings. The van der Waals surface area contributed by atoms with E-state index in [1.54, 1.807) is 0 Å². The molecular weight excluding hydrogens is 284 g/mol. The summed E-state index contributed by atoms with van der Waals surface area (Å²) in [5.41, 5.74) is 1.44. The standard InChI is InChI=1S/C9H12.C8H8O5/c1-2-6-9-7-4-3-5-8-9;1-3-6(9)12-8(5-11-8)13-7(10)4-2/h3-5,7-8H,2,6H2,1H3;3-4H,1-2,5H2. The van der Waals surface area contributed by atoms with Crippen molar-refractivity contribution in [3.05, 3.63) is 61.2 Å². The van der Waals surface area contributed by atoms with Gasteiger partial charge in [-0.25, -0.2) is 9.59 Å². The highest BCUT2D eigenvalue weighted by Gasteiger charge is 2.54. The normalized spacial score (nSPS) is 13.9. The average molecular weight is 304 g/mol. The van der Waals surface area contributed by atoms with Crippen LogP contribution in [0.2, 0.25) is 0 Å². The highest BCUT2D eigenvalue weighted by molar-refractivity contribution is 5.83. The van der Waals surface area contributed by atoms with Crippen LogP contribution in [0.25, 0.3) is 0 Å². The molecule has 0 spiro atoms. The van der Waals surface area contributed by atoms with Crippen LogP contribution >= 0.6 is 0 Å². The lowest BCUT2D eigenvalue weighted by Gasteiger charge is -2.10. The molecule has 5 heteroatoms. The largest absolute Gasteiger partial charge is 0.402 e. The minimum absolute atomic E-state index is 0.0339. The van der Waals surface area contributed by atoms with Crippen LogP contribution in [0.4, 0.5) is 0 Å². The van der Waals surface area contributed by atoms with Crippen molar-refractivity contribution in [3.8, 4) is 0 Å². The molecule has 1 aromatic rings. The van der Waals surface area contributed by atoms with Gasteiger partial charge in [-0.1, -0.05) is 56.8 Å². The van der Waals surface area contributed by atoms with Gasteiger partial charge < -0.3 is 9.47 Å². The van der Waals surface area contributed by atoms with Gasteiger partial charge in [0.2, 0.25) is 0 Å². The molecule has 1 heterocycles. The van der Waals surface area contributed by atoms with Crippen molar-refractivity contribution in [1.82, 2.24) is 0 Å². The van der Waals surface area contributed by atoms with Gasteiger partial charge in [0.05, 0.1) is 0 Å².